The SMILES string of the molecule is COc1ccc(NC(=O)C[C@H](CN2CCN(c3ncccn3)CC2)C(=O)O)cc1. The van der Waals surface area contributed by atoms with Crippen LogP contribution in [0.25, 0.3) is 0 Å². The van der Waals surface area contributed by atoms with E-state index >= 15 is 0 Å². The summed E-state index contributed by atoms with van der Waals surface area (Å²) >= 11 is 0. The van der Waals surface area contributed by atoms with Crippen molar-refractivity contribution in [2.75, 3.05) is 50.1 Å². The normalized spacial score (nSPS) is 15.6. The number of carboxylic acid groups (broad SMARTS) is 1. The Hall–Kier alpha value is -3.20. The standard InChI is InChI=1S/C20H25N5O4/c1-29-17-5-3-16(4-6-17)23-18(26)13-15(19(27)28)14-24-9-11-25(12-10-24)20-21-7-2-8-22-20/h2-8,15H,9-14H2,1H3,(H,23,26)(H,27,28)/t15-/m1/s1. The molecule has 1 fully saturated rings. The molecule has 9 nitrogen and oxygen atoms in total. The largest absolute Gasteiger partial charge is 0.497 e. The first kappa shape index (κ1) is 20.5. The molecule has 0 saturated carbocycles. The molecular formula is C20H25N5O4. The third-order valence-electron chi connectivity index (χ3n) is 4.84. The Balaban J connectivity index is 1.49. The molecule has 0 unspecified atom stereocenters. The van der Waals surface area contributed by atoms with Crippen LogP contribution >= 0.6 is 0 Å². The van der Waals surface area contributed by atoms with Crippen LogP contribution in [0.3, 0.4) is 0 Å². The number of carbonyl (C=O) groups is 2. The summed E-state index contributed by atoms with van der Waals surface area (Å²) in [5.41, 5.74) is 0.608. The summed E-state index contributed by atoms with van der Waals surface area (Å²) < 4.78 is 5.08. The minimum Gasteiger partial charge on any atom is -0.497 e. The molecule has 1 aliphatic heterocycles. The van der Waals surface area contributed by atoms with Crippen molar-refractivity contribution in [3.05, 3.63) is 42.7 Å². The van der Waals surface area contributed by atoms with Crippen molar-refractivity contribution in [3.63, 3.8) is 0 Å². The van der Waals surface area contributed by atoms with E-state index in [1.165, 1.54) is 0 Å². The summed E-state index contributed by atoms with van der Waals surface area (Å²) in [5, 5.41) is 12.3. The van der Waals surface area contributed by atoms with Crippen molar-refractivity contribution in [2.24, 2.45) is 5.92 Å². The van der Waals surface area contributed by atoms with Gasteiger partial charge in [0.25, 0.3) is 0 Å². The summed E-state index contributed by atoms with van der Waals surface area (Å²) in [5.74, 6) is -0.692. The van der Waals surface area contributed by atoms with Crippen molar-refractivity contribution < 1.29 is 19.4 Å². The summed E-state index contributed by atoms with van der Waals surface area (Å²) in [6.45, 7) is 3.15. The van der Waals surface area contributed by atoms with E-state index in [1.807, 2.05) is 0 Å². The van der Waals surface area contributed by atoms with Gasteiger partial charge in [-0.2, -0.15) is 0 Å². The van der Waals surface area contributed by atoms with Crippen molar-refractivity contribution in [2.45, 2.75) is 6.42 Å². The van der Waals surface area contributed by atoms with Crippen LogP contribution in [0.4, 0.5) is 11.6 Å². The van der Waals surface area contributed by atoms with Crippen molar-refractivity contribution >= 4 is 23.5 Å². The van der Waals surface area contributed by atoms with Gasteiger partial charge >= 0.3 is 5.97 Å². The fourth-order valence-electron chi connectivity index (χ4n) is 3.24. The summed E-state index contributed by atoms with van der Waals surface area (Å²) in [7, 11) is 1.57. The first-order chi connectivity index (χ1) is 14.0. The molecular weight excluding hydrogens is 374 g/mol. The molecule has 0 radical (unpaired) electrons. The van der Waals surface area contributed by atoms with Gasteiger partial charge in [-0.05, 0) is 30.3 Å². The minimum atomic E-state index is -0.969. The first-order valence-electron chi connectivity index (χ1n) is 9.46. The minimum absolute atomic E-state index is 0.0800. The number of aromatic nitrogens is 2. The van der Waals surface area contributed by atoms with Gasteiger partial charge in [-0.15, -0.1) is 0 Å². The second-order valence-electron chi connectivity index (χ2n) is 6.85. The van der Waals surface area contributed by atoms with E-state index in [2.05, 4.69) is 25.1 Å². The molecule has 9 heteroatoms. The number of nitrogens with zero attached hydrogens (tertiary/aromatic N) is 4. The zero-order chi connectivity index (χ0) is 20.6. The number of ether oxygens (including phenoxy) is 1. The topological polar surface area (TPSA) is 108 Å². The molecule has 2 N–H and O–H groups in total. The number of hydrogen-bond donors (Lipinski definition) is 2. The smallest absolute Gasteiger partial charge is 0.308 e. The first-order valence-corrected chi connectivity index (χ1v) is 9.46. The lowest BCUT2D eigenvalue weighted by Crippen LogP contribution is -2.49. The van der Waals surface area contributed by atoms with E-state index in [1.54, 1.807) is 49.8 Å². The van der Waals surface area contributed by atoms with Crippen molar-refractivity contribution in [1.29, 1.82) is 0 Å². The maximum atomic E-state index is 12.3. The highest BCUT2D eigenvalue weighted by Crippen LogP contribution is 2.17. The average molecular weight is 399 g/mol. The maximum absolute atomic E-state index is 12.3. The molecule has 29 heavy (non-hydrogen) atoms. The van der Waals surface area contributed by atoms with Crippen LogP contribution in [-0.2, 0) is 9.59 Å². The Morgan fingerprint density at radius 2 is 1.79 bits per heavy atom. The molecule has 0 spiro atoms. The molecule has 154 valence electrons. The van der Waals surface area contributed by atoms with E-state index < -0.39 is 11.9 Å². The van der Waals surface area contributed by atoms with Gasteiger partial charge in [0, 0.05) is 57.2 Å². The summed E-state index contributed by atoms with van der Waals surface area (Å²) in [4.78, 5) is 36.6. The van der Waals surface area contributed by atoms with Crippen molar-refractivity contribution in [1.82, 2.24) is 14.9 Å². The Labute approximate surface area is 169 Å². The number of carboxylic acids is 1. The van der Waals surface area contributed by atoms with Crippen LogP contribution in [0.2, 0.25) is 0 Å². The predicted molar refractivity (Wildman–Crippen MR) is 108 cm³/mol. The molecule has 1 aromatic carbocycles. The van der Waals surface area contributed by atoms with E-state index in [0.717, 1.165) is 0 Å². The molecule has 1 saturated heterocycles. The van der Waals surface area contributed by atoms with Crippen LogP contribution in [-0.4, -0.2) is 71.7 Å². The van der Waals surface area contributed by atoms with Crippen LogP contribution in [0.15, 0.2) is 42.7 Å². The van der Waals surface area contributed by atoms with Gasteiger partial charge < -0.3 is 20.1 Å². The number of methoxy groups -OCH3 is 1. The van der Waals surface area contributed by atoms with E-state index in [4.69, 9.17) is 4.74 Å². The van der Waals surface area contributed by atoms with E-state index in [-0.39, 0.29) is 12.3 Å². The molecule has 1 aromatic heterocycles. The molecule has 1 amide bonds. The number of amides is 1. The van der Waals surface area contributed by atoms with Crippen LogP contribution < -0.4 is 15.0 Å². The molecule has 0 aliphatic carbocycles. The quantitative estimate of drug-likeness (QED) is 0.685. The third-order valence-corrected chi connectivity index (χ3v) is 4.84. The third kappa shape index (κ3) is 5.89. The Bertz CT molecular complexity index is 807. The fourth-order valence-corrected chi connectivity index (χ4v) is 3.24. The average Bonchev–Trinajstić information content (AvgIpc) is 2.75. The second kappa shape index (κ2) is 9.83. The highest BCUT2D eigenvalue weighted by molar-refractivity contribution is 5.93. The van der Waals surface area contributed by atoms with Gasteiger partial charge in [-0.1, -0.05) is 0 Å². The van der Waals surface area contributed by atoms with Gasteiger partial charge in [-0.25, -0.2) is 9.97 Å². The number of benzene rings is 1. The molecule has 1 aliphatic rings. The zero-order valence-electron chi connectivity index (χ0n) is 16.3. The van der Waals surface area contributed by atoms with Gasteiger partial charge in [0.1, 0.15) is 5.75 Å². The Kier molecular flexibility index (Phi) is 6.96. The van der Waals surface area contributed by atoms with Gasteiger partial charge in [-0.3, -0.25) is 14.5 Å². The predicted octanol–water partition coefficient (Wildman–Crippen LogP) is 1.34. The maximum Gasteiger partial charge on any atom is 0.308 e. The summed E-state index contributed by atoms with van der Waals surface area (Å²) in [6.07, 6.45) is 3.33. The monoisotopic (exact) mass is 399 g/mol. The number of hydrogen-bond acceptors (Lipinski definition) is 7. The van der Waals surface area contributed by atoms with Crippen LogP contribution in [0.1, 0.15) is 6.42 Å². The van der Waals surface area contributed by atoms with Gasteiger partial charge in [0.15, 0.2) is 0 Å². The molecule has 0 bridgehead atoms. The highest BCUT2D eigenvalue weighted by atomic mass is 16.5. The second-order valence-corrected chi connectivity index (χ2v) is 6.85. The lowest BCUT2D eigenvalue weighted by atomic mass is 10.0. The number of rotatable bonds is 8. The van der Waals surface area contributed by atoms with Gasteiger partial charge in [0.05, 0.1) is 13.0 Å². The van der Waals surface area contributed by atoms with Crippen LogP contribution in [0.5, 0.6) is 5.75 Å². The Morgan fingerprint density at radius 3 is 2.38 bits per heavy atom. The van der Waals surface area contributed by atoms with E-state index in [9.17, 15) is 14.7 Å². The number of anilines is 2. The Morgan fingerprint density at radius 1 is 1.14 bits per heavy atom. The molecule has 1 atom stereocenters. The van der Waals surface area contributed by atoms with Gasteiger partial charge in [0.2, 0.25) is 11.9 Å². The van der Waals surface area contributed by atoms with Crippen molar-refractivity contribution in [3.8, 4) is 5.75 Å². The number of aliphatic carboxylic acids is 1. The molecule has 2 aromatic rings. The zero-order valence-corrected chi connectivity index (χ0v) is 16.3. The number of nitrogens with one attached hydrogen (secondary N) is 1. The van der Waals surface area contributed by atoms with E-state index in [0.29, 0.717) is 50.1 Å². The number of piperazine rings is 1. The summed E-state index contributed by atoms with van der Waals surface area (Å²) in [6, 6.07) is 8.68. The fraction of sp³-hybridized carbons (Fsp3) is 0.400. The van der Waals surface area contributed by atoms with Crippen LogP contribution in [0, 0.1) is 5.92 Å². The lowest BCUT2D eigenvalue weighted by molar-refractivity contribution is -0.144. The number of carbonyl (C=O) groups excluding carboxylic acids is 1. The lowest BCUT2D eigenvalue weighted by Gasteiger charge is -2.35. The molecule has 2 heterocycles. The highest BCUT2D eigenvalue weighted by Gasteiger charge is 2.27. The molecule has 3 rings (SSSR count).